The fraction of sp³-hybridized carbons (Fsp3) is 0.357. The van der Waals surface area contributed by atoms with Crippen LogP contribution in [0.1, 0.15) is 49.5 Å². The summed E-state index contributed by atoms with van der Waals surface area (Å²) in [6, 6.07) is 7.89. The molecule has 0 N–H and O–H groups in total. The molecule has 1 rings (SSSR count). The third kappa shape index (κ3) is 2.79. The van der Waals surface area contributed by atoms with Crippen molar-refractivity contribution in [3.63, 3.8) is 0 Å². The Balaban J connectivity index is 2.94. The van der Waals surface area contributed by atoms with Crippen LogP contribution in [0.4, 0.5) is 0 Å². The van der Waals surface area contributed by atoms with E-state index in [1.807, 2.05) is 38.1 Å². The number of rotatable bonds is 4. The second kappa shape index (κ2) is 5.50. The molecule has 0 saturated heterocycles. The van der Waals surface area contributed by atoms with Gasteiger partial charge in [-0.25, -0.2) is 0 Å². The standard InChI is InChI=1S/C14H18O/c1-4-11(5-2)12-7-9-13(10-8-12)14(15)6-3/h4,7-10H,5-6H2,1-3H3/b11-4+. The lowest BCUT2D eigenvalue weighted by atomic mass is 10.0. The van der Waals surface area contributed by atoms with Crippen molar-refractivity contribution in [1.29, 1.82) is 0 Å². The van der Waals surface area contributed by atoms with Gasteiger partial charge in [-0.3, -0.25) is 4.79 Å². The molecule has 0 atom stereocenters. The molecule has 15 heavy (non-hydrogen) atoms. The SMILES string of the molecule is C/C=C(\CC)c1ccc(C(=O)CC)cc1. The molecule has 0 fully saturated rings. The highest BCUT2D eigenvalue weighted by atomic mass is 16.1. The minimum Gasteiger partial charge on any atom is -0.294 e. The van der Waals surface area contributed by atoms with E-state index in [-0.39, 0.29) is 5.78 Å². The average Bonchev–Trinajstić information content (AvgIpc) is 2.30. The Morgan fingerprint density at radius 3 is 2.00 bits per heavy atom. The Kier molecular flexibility index (Phi) is 4.29. The zero-order chi connectivity index (χ0) is 11.3. The second-order valence-electron chi connectivity index (χ2n) is 3.52. The maximum absolute atomic E-state index is 11.4. The molecule has 0 saturated carbocycles. The number of allylic oxidation sites excluding steroid dienone is 2. The molecule has 1 heteroatoms. The molecule has 0 bridgehead atoms. The quantitative estimate of drug-likeness (QED) is 0.672. The number of benzene rings is 1. The van der Waals surface area contributed by atoms with Crippen LogP contribution >= 0.6 is 0 Å². The predicted molar refractivity (Wildman–Crippen MR) is 65.0 cm³/mol. The molecule has 0 aliphatic rings. The van der Waals surface area contributed by atoms with Gasteiger partial charge in [-0.15, -0.1) is 0 Å². The normalized spacial score (nSPS) is 11.5. The number of carbonyl (C=O) groups excluding carboxylic acids is 1. The van der Waals surface area contributed by atoms with Crippen LogP contribution in [0.5, 0.6) is 0 Å². The zero-order valence-electron chi connectivity index (χ0n) is 9.71. The fourth-order valence-corrected chi connectivity index (χ4v) is 1.65. The van der Waals surface area contributed by atoms with Gasteiger partial charge in [0.1, 0.15) is 0 Å². The predicted octanol–water partition coefficient (Wildman–Crippen LogP) is 4.09. The smallest absolute Gasteiger partial charge is 0.162 e. The molecule has 1 nitrogen and oxygen atoms in total. The monoisotopic (exact) mass is 202 g/mol. The summed E-state index contributed by atoms with van der Waals surface area (Å²) in [5.74, 6) is 0.208. The number of Topliss-reactive ketones (excluding diaryl/α,β-unsaturated/α-hetero) is 1. The third-order valence-electron chi connectivity index (χ3n) is 2.63. The number of hydrogen-bond acceptors (Lipinski definition) is 1. The first-order valence-corrected chi connectivity index (χ1v) is 5.51. The van der Waals surface area contributed by atoms with E-state index in [1.165, 1.54) is 11.1 Å². The van der Waals surface area contributed by atoms with Crippen LogP contribution in [0.3, 0.4) is 0 Å². The maximum atomic E-state index is 11.4. The van der Waals surface area contributed by atoms with Gasteiger partial charge in [-0.2, -0.15) is 0 Å². The van der Waals surface area contributed by atoms with Gasteiger partial charge in [0.15, 0.2) is 5.78 Å². The van der Waals surface area contributed by atoms with E-state index < -0.39 is 0 Å². The molecule has 80 valence electrons. The highest BCUT2D eigenvalue weighted by Crippen LogP contribution is 2.18. The highest BCUT2D eigenvalue weighted by molar-refractivity contribution is 5.96. The summed E-state index contributed by atoms with van der Waals surface area (Å²) in [7, 11) is 0. The van der Waals surface area contributed by atoms with Crippen LogP contribution < -0.4 is 0 Å². The molecule has 0 aliphatic carbocycles. The van der Waals surface area contributed by atoms with Crippen molar-refractivity contribution in [2.75, 3.05) is 0 Å². The van der Waals surface area contributed by atoms with Crippen molar-refractivity contribution in [2.45, 2.75) is 33.6 Å². The van der Waals surface area contributed by atoms with Crippen molar-refractivity contribution in [2.24, 2.45) is 0 Å². The van der Waals surface area contributed by atoms with E-state index in [4.69, 9.17) is 0 Å². The van der Waals surface area contributed by atoms with Crippen molar-refractivity contribution in [3.8, 4) is 0 Å². The van der Waals surface area contributed by atoms with Gasteiger partial charge in [0.2, 0.25) is 0 Å². The Morgan fingerprint density at radius 1 is 1.07 bits per heavy atom. The first-order chi connectivity index (χ1) is 7.22. The zero-order valence-corrected chi connectivity index (χ0v) is 9.71. The summed E-state index contributed by atoms with van der Waals surface area (Å²) in [6.45, 7) is 6.07. The van der Waals surface area contributed by atoms with Crippen LogP contribution in [-0.4, -0.2) is 5.78 Å². The van der Waals surface area contributed by atoms with Crippen LogP contribution in [-0.2, 0) is 0 Å². The molecule has 0 unspecified atom stereocenters. The Hall–Kier alpha value is -1.37. The van der Waals surface area contributed by atoms with Crippen molar-refractivity contribution >= 4 is 11.4 Å². The Bertz CT molecular complexity index is 357. The number of ketones is 1. The first-order valence-electron chi connectivity index (χ1n) is 5.51. The molecule has 0 amide bonds. The van der Waals surface area contributed by atoms with E-state index in [0.717, 1.165) is 12.0 Å². The molecule has 0 aliphatic heterocycles. The first kappa shape index (κ1) is 11.7. The van der Waals surface area contributed by atoms with Gasteiger partial charge in [-0.05, 0) is 24.5 Å². The second-order valence-corrected chi connectivity index (χ2v) is 3.52. The minimum absolute atomic E-state index is 0.208. The average molecular weight is 202 g/mol. The molecule has 0 radical (unpaired) electrons. The number of hydrogen-bond donors (Lipinski definition) is 0. The topological polar surface area (TPSA) is 17.1 Å². The van der Waals surface area contributed by atoms with Crippen LogP contribution in [0.2, 0.25) is 0 Å². The molecular weight excluding hydrogens is 184 g/mol. The van der Waals surface area contributed by atoms with Gasteiger partial charge in [0, 0.05) is 12.0 Å². The fourth-order valence-electron chi connectivity index (χ4n) is 1.65. The number of carbonyl (C=O) groups is 1. The van der Waals surface area contributed by atoms with E-state index in [1.54, 1.807) is 0 Å². The lowest BCUT2D eigenvalue weighted by molar-refractivity contribution is 0.0988. The summed E-state index contributed by atoms with van der Waals surface area (Å²) in [5.41, 5.74) is 3.35. The molecule has 1 aromatic carbocycles. The summed E-state index contributed by atoms with van der Waals surface area (Å²) in [4.78, 5) is 11.4. The van der Waals surface area contributed by atoms with E-state index in [0.29, 0.717) is 6.42 Å². The molecule has 1 aromatic rings. The van der Waals surface area contributed by atoms with Crippen LogP contribution in [0.25, 0.3) is 5.57 Å². The van der Waals surface area contributed by atoms with Gasteiger partial charge >= 0.3 is 0 Å². The van der Waals surface area contributed by atoms with E-state index >= 15 is 0 Å². The van der Waals surface area contributed by atoms with Gasteiger partial charge in [-0.1, -0.05) is 44.2 Å². The summed E-state index contributed by atoms with van der Waals surface area (Å²) in [5, 5.41) is 0. The van der Waals surface area contributed by atoms with Crippen molar-refractivity contribution in [3.05, 3.63) is 41.5 Å². The van der Waals surface area contributed by atoms with E-state index in [9.17, 15) is 4.79 Å². The molecule has 0 aromatic heterocycles. The summed E-state index contributed by atoms with van der Waals surface area (Å²) in [6.07, 6.45) is 3.72. The molecule has 0 heterocycles. The van der Waals surface area contributed by atoms with Gasteiger partial charge in [0.05, 0.1) is 0 Å². The maximum Gasteiger partial charge on any atom is 0.162 e. The van der Waals surface area contributed by atoms with Crippen molar-refractivity contribution in [1.82, 2.24) is 0 Å². The molecular formula is C14H18O. The Morgan fingerprint density at radius 2 is 1.60 bits per heavy atom. The van der Waals surface area contributed by atoms with E-state index in [2.05, 4.69) is 13.0 Å². The van der Waals surface area contributed by atoms with Crippen LogP contribution in [0, 0.1) is 0 Å². The van der Waals surface area contributed by atoms with Crippen LogP contribution in [0.15, 0.2) is 30.3 Å². The lowest BCUT2D eigenvalue weighted by Gasteiger charge is -2.05. The lowest BCUT2D eigenvalue weighted by Crippen LogP contribution is -1.96. The third-order valence-corrected chi connectivity index (χ3v) is 2.63. The highest BCUT2D eigenvalue weighted by Gasteiger charge is 2.03. The Labute approximate surface area is 91.8 Å². The van der Waals surface area contributed by atoms with Gasteiger partial charge in [0.25, 0.3) is 0 Å². The largest absolute Gasteiger partial charge is 0.294 e. The summed E-state index contributed by atoms with van der Waals surface area (Å²) >= 11 is 0. The molecule has 0 spiro atoms. The summed E-state index contributed by atoms with van der Waals surface area (Å²) < 4.78 is 0. The van der Waals surface area contributed by atoms with Crippen molar-refractivity contribution < 1.29 is 4.79 Å². The van der Waals surface area contributed by atoms with Gasteiger partial charge < -0.3 is 0 Å². The minimum atomic E-state index is 0.208.